The van der Waals surface area contributed by atoms with Gasteiger partial charge in [0, 0.05) is 5.69 Å². The molecule has 5 nitrogen and oxygen atoms in total. The number of amides is 2. The van der Waals surface area contributed by atoms with Gasteiger partial charge in [-0.25, -0.2) is 4.90 Å². The second-order valence-electron chi connectivity index (χ2n) is 7.65. The maximum absolute atomic E-state index is 13.4. The third kappa shape index (κ3) is 4.39. The zero-order valence-corrected chi connectivity index (χ0v) is 18.4. The first-order valence-electron chi connectivity index (χ1n) is 10.5. The van der Waals surface area contributed by atoms with E-state index in [1.807, 2.05) is 19.1 Å². The molecule has 0 spiro atoms. The van der Waals surface area contributed by atoms with E-state index < -0.39 is 23.6 Å². The Morgan fingerprint density at radius 1 is 0.912 bits per heavy atom. The molecular formula is C26H21F3N2O3. The van der Waals surface area contributed by atoms with Crippen molar-refractivity contribution < 1.29 is 27.5 Å². The number of carbonyl (C=O) groups is 2. The average Bonchev–Trinajstić information content (AvgIpc) is 3.08. The molecule has 1 heterocycles. The first kappa shape index (κ1) is 23.1. The maximum atomic E-state index is 13.4. The van der Waals surface area contributed by atoms with Gasteiger partial charge in [-0.1, -0.05) is 37.3 Å². The zero-order valence-electron chi connectivity index (χ0n) is 18.4. The SMILES string of the molecule is CCc1ccc(N2C(=O)C(Nc3cccc(C(F)(F)F)c3)=C(c3ccc(OC)cc3)C2=O)cc1. The van der Waals surface area contributed by atoms with Crippen molar-refractivity contribution in [2.45, 2.75) is 19.5 Å². The third-order valence-corrected chi connectivity index (χ3v) is 5.52. The largest absolute Gasteiger partial charge is 0.497 e. The zero-order chi connectivity index (χ0) is 24.5. The summed E-state index contributed by atoms with van der Waals surface area (Å²) in [6.07, 6.45) is -3.76. The molecule has 0 saturated carbocycles. The molecule has 2 amide bonds. The number of alkyl halides is 3. The highest BCUT2D eigenvalue weighted by Crippen LogP contribution is 2.36. The Morgan fingerprint density at radius 2 is 1.59 bits per heavy atom. The predicted molar refractivity (Wildman–Crippen MR) is 123 cm³/mol. The van der Waals surface area contributed by atoms with Crippen molar-refractivity contribution in [3.63, 3.8) is 0 Å². The molecule has 1 aliphatic rings. The van der Waals surface area contributed by atoms with E-state index >= 15 is 0 Å². The normalized spacial score (nSPS) is 14.1. The van der Waals surface area contributed by atoms with Crippen molar-refractivity contribution in [3.05, 3.63) is 95.2 Å². The number of nitrogens with one attached hydrogen (secondary N) is 1. The number of carbonyl (C=O) groups excluding carboxylic acids is 2. The van der Waals surface area contributed by atoms with Gasteiger partial charge in [-0.3, -0.25) is 9.59 Å². The van der Waals surface area contributed by atoms with Crippen LogP contribution in [0.25, 0.3) is 5.57 Å². The number of anilines is 2. The molecule has 0 aliphatic carbocycles. The fourth-order valence-electron chi connectivity index (χ4n) is 3.70. The maximum Gasteiger partial charge on any atom is 0.416 e. The molecule has 174 valence electrons. The number of rotatable bonds is 6. The van der Waals surface area contributed by atoms with Gasteiger partial charge in [0.1, 0.15) is 11.4 Å². The van der Waals surface area contributed by atoms with Crippen molar-refractivity contribution in [2.24, 2.45) is 0 Å². The number of benzene rings is 3. The summed E-state index contributed by atoms with van der Waals surface area (Å²) in [6, 6.07) is 18.0. The van der Waals surface area contributed by atoms with E-state index in [9.17, 15) is 22.8 Å². The van der Waals surface area contributed by atoms with Crippen LogP contribution in [0.5, 0.6) is 5.75 Å². The van der Waals surface area contributed by atoms with Crippen molar-refractivity contribution in [1.82, 2.24) is 0 Å². The summed E-state index contributed by atoms with van der Waals surface area (Å²) < 4.78 is 44.8. The van der Waals surface area contributed by atoms with Gasteiger partial charge in [0.2, 0.25) is 0 Å². The van der Waals surface area contributed by atoms with Crippen molar-refractivity contribution in [2.75, 3.05) is 17.3 Å². The quantitative estimate of drug-likeness (QED) is 0.476. The highest BCUT2D eigenvalue weighted by Gasteiger charge is 2.40. The van der Waals surface area contributed by atoms with Crippen LogP contribution in [0, 0.1) is 0 Å². The molecule has 4 rings (SSSR count). The van der Waals surface area contributed by atoms with E-state index in [0.717, 1.165) is 29.0 Å². The number of methoxy groups -OCH3 is 1. The van der Waals surface area contributed by atoms with E-state index in [1.165, 1.54) is 19.2 Å². The van der Waals surface area contributed by atoms with Crippen LogP contribution in [0.4, 0.5) is 24.5 Å². The minimum Gasteiger partial charge on any atom is -0.497 e. The molecule has 8 heteroatoms. The van der Waals surface area contributed by atoms with Gasteiger partial charge in [-0.2, -0.15) is 13.2 Å². The van der Waals surface area contributed by atoms with E-state index in [2.05, 4.69) is 5.32 Å². The van der Waals surface area contributed by atoms with Crippen LogP contribution < -0.4 is 15.0 Å². The fraction of sp³-hybridized carbons (Fsp3) is 0.154. The van der Waals surface area contributed by atoms with Gasteiger partial charge in [-0.05, 0) is 60.0 Å². The van der Waals surface area contributed by atoms with Crippen LogP contribution in [0.3, 0.4) is 0 Å². The molecule has 3 aromatic carbocycles. The molecule has 0 unspecified atom stereocenters. The topological polar surface area (TPSA) is 58.6 Å². The number of hydrogen-bond acceptors (Lipinski definition) is 4. The van der Waals surface area contributed by atoms with E-state index in [0.29, 0.717) is 17.0 Å². The van der Waals surface area contributed by atoms with Crippen LogP contribution in [-0.2, 0) is 22.2 Å². The smallest absolute Gasteiger partial charge is 0.416 e. The summed E-state index contributed by atoms with van der Waals surface area (Å²) in [7, 11) is 1.50. The Labute approximate surface area is 194 Å². The molecule has 0 aromatic heterocycles. The highest BCUT2D eigenvalue weighted by atomic mass is 19.4. The molecule has 0 saturated heterocycles. The summed E-state index contributed by atoms with van der Waals surface area (Å²) in [5, 5.41) is 2.77. The van der Waals surface area contributed by atoms with Crippen LogP contribution in [0.2, 0.25) is 0 Å². The standard InChI is InChI=1S/C26H21F3N2O3/c1-3-16-7-11-20(12-8-16)31-24(32)22(17-9-13-21(34-2)14-10-17)23(25(31)33)30-19-6-4-5-18(15-19)26(27,28)29/h4-15,30H,3H2,1-2H3. The molecular weight excluding hydrogens is 445 g/mol. The lowest BCUT2D eigenvalue weighted by Crippen LogP contribution is -2.32. The Morgan fingerprint density at radius 3 is 2.18 bits per heavy atom. The lowest BCUT2D eigenvalue weighted by Gasteiger charge is -2.16. The second kappa shape index (κ2) is 9.05. The van der Waals surface area contributed by atoms with E-state index in [-0.39, 0.29) is 17.0 Å². The van der Waals surface area contributed by atoms with Gasteiger partial charge in [0.15, 0.2) is 0 Å². The number of nitrogens with zero attached hydrogens (tertiary/aromatic N) is 1. The molecule has 0 bridgehead atoms. The number of imide groups is 1. The Hall–Kier alpha value is -4.07. The van der Waals surface area contributed by atoms with Gasteiger partial charge in [0.05, 0.1) is 23.9 Å². The van der Waals surface area contributed by atoms with Crippen LogP contribution >= 0.6 is 0 Å². The van der Waals surface area contributed by atoms with Gasteiger partial charge in [0.25, 0.3) is 11.8 Å². The average molecular weight is 466 g/mol. The van der Waals surface area contributed by atoms with Crippen molar-refractivity contribution in [3.8, 4) is 5.75 Å². The molecule has 0 fully saturated rings. The number of aryl methyl sites for hydroxylation is 1. The molecule has 34 heavy (non-hydrogen) atoms. The van der Waals surface area contributed by atoms with Crippen molar-refractivity contribution in [1.29, 1.82) is 0 Å². The van der Waals surface area contributed by atoms with Gasteiger partial charge < -0.3 is 10.1 Å². The number of hydrogen-bond donors (Lipinski definition) is 1. The monoisotopic (exact) mass is 466 g/mol. The first-order valence-corrected chi connectivity index (χ1v) is 10.5. The van der Waals surface area contributed by atoms with Crippen molar-refractivity contribution >= 4 is 28.8 Å². The Kier molecular flexibility index (Phi) is 6.15. The molecule has 1 N–H and O–H groups in total. The fourth-order valence-corrected chi connectivity index (χ4v) is 3.70. The number of ether oxygens (including phenoxy) is 1. The summed E-state index contributed by atoms with van der Waals surface area (Å²) in [5.74, 6) is -0.674. The first-order chi connectivity index (χ1) is 16.2. The molecule has 0 atom stereocenters. The van der Waals surface area contributed by atoms with Gasteiger partial charge in [-0.15, -0.1) is 0 Å². The second-order valence-corrected chi connectivity index (χ2v) is 7.65. The van der Waals surface area contributed by atoms with E-state index in [4.69, 9.17) is 4.74 Å². The van der Waals surface area contributed by atoms with E-state index in [1.54, 1.807) is 36.4 Å². The number of halogens is 3. The Bertz CT molecular complexity index is 1260. The van der Waals surface area contributed by atoms with Crippen LogP contribution in [0.15, 0.2) is 78.5 Å². The third-order valence-electron chi connectivity index (χ3n) is 5.52. The molecule has 1 aliphatic heterocycles. The summed E-state index contributed by atoms with van der Waals surface area (Å²) in [6.45, 7) is 1.99. The lowest BCUT2D eigenvalue weighted by molar-refractivity contribution is -0.137. The Balaban J connectivity index is 1.79. The van der Waals surface area contributed by atoms with Gasteiger partial charge >= 0.3 is 6.18 Å². The summed E-state index contributed by atoms with van der Waals surface area (Å²) in [4.78, 5) is 27.9. The highest BCUT2D eigenvalue weighted by molar-refractivity contribution is 6.46. The minimum atomic E-state index is -4.55. The minimum absolute atomic E-state index is 0.0418. The molecule has 3 aromatic rings. The lowest BCUT2D eigenvalue weighted by atomic mass is 10.0. The van der Waals surface area contributed by atoms with Crippen LogP contribution in [0.1, 0.15) is 23.6 Å². The summed E-state index contributed by atoms with van der Waals surface area (Å²) in [5.41, 5.74) is 0.973. The summed E-state index contributed by atoms with van der Waals surface area (Å²) >= 11 is 0. The predicted octanol–water partition coefficient (Wildman–Crippen LogP) is 5.67. The molecule has 0 radical (unpaired) electrons. The van der Waals surface area contributed by atoms with Crippen LogP contribution in [-0.4, -0.2) is 18.9 Å².